The Morgan fingerprint density at radius 2 is 2.21 bits per heavy atom. The molecule has 0 amide bonds. The number of hydrogen-bond donors (Lipinski definition) is 1. The summed E-state index contributed by atoms with van der Waals surface area (Å²) in [4.78, 5) is 4.06. The first kappa shape index (κ1) is 12.4. The van der Waals surface area contributed by atoms with Gasteiger partial charge in [-0.25, -0.2) is 9.50 Å². The zero-order valence-electron chi connectivity index (χ0n) is 10.1. The topological polar surface area (TPSA) is 42.2 Å². The van der Waals surface area contributed by atoms with Crippen molar-refractivity contribution in [1.82, 2.24) is 19.9 Å². The molecule has 0 aliphatic carbocycles. The summed E-state index contributed by atoms with van der Waals surface area (Å²) in [5.41, 5.74) is 0.246. The van der Waals surface area contributed by atoms with Crippen molar-refractivity contribution in [2.24, 2.45) is 0 Å². The minimum atomic E-state index is -4.43. The predicted molar refractivity (Wildman–Crippen MR) is 62.8 cm³/mol. The molecule has 2 aromatic heterocycles. The molecule has 0 bridgehead atoms. The number of alkyl halides is 3. The maximum absolute atomic E-state index is 12.6. The van der Waals surface area contributed by atoms with Gasteiger partial charge in [0.05, 0.1) is 0 Å². The average Bonchev–Trinajstić information content (AvgIpc) is 2.82. The molecule has 1 saturated heterocycles. The third-order valence-electron chi connectivity index (χ3n) is 3.39. The third kappa shape index (κ3) is 2.42. The summed E-state index contributed by atoms with van der Waals surface area (Å²) >= 11 is 0. The largest absolute Gasteiger partial charge is 0.435 e. The van der Waals surface area contributed by atoms with Gasteiger partial charge < -0.3 is 5.32 Å². The molecule has 0 radical (unpaired) electrons. The van der Waals surface area contributed by atoms with Crippen molar-refractivity contribution in [2.45, 2.75) is 24.9 Å². The van der Waals surface area contributed by atoms with Gasteiger partial charge in [-0.3, -0.25) is 0 Å². The van der Waals surface area contributed by atoms with E-state index in [4.69, 9.17) is 0 Å². The summed E-state index contributed by atoms with van der Waals surface area (Å²) in [6.45, 7) is 1.83. The van der Waals surface area contributed by atoms with Gasteiger partial charge in [-0.05, 0) is 30.9 Å². The quantitative estimate of drug-likeness (QED) is 0.864. The highest BCUT2D eigenvalue weighted by Crippen LogP contribution is 2.29. The summed E-state index contributed by atoms with van der Waals surface area (Å²) < 4.78 is 38.9. The number of halogens is 3. The van der Waals surface area contributed by atoms with Crippen LogP contribution in [-0.2, 0) is 6.18 Å². The van der Waals surface area contributed by atoms with E-state index in [1.54, 1.807) is 12.4 Å². The molecular weight excluding hydrogens is 257 g/mol. The maximum Gasteiger partial charge on any atom is 0.435 e. The molecule has 3 heterocycles. The number of nitrogens with one attached hydrogen (secondary N) is 1. The SMILES string of the molecule is FC(F)(F)c1cc2ncc(C3CCCNC3)cn2n1. The van der Waals surface area contributed by atoms with E-state index in [0.29, 0.717) is 5.92 Å². The van der Waals surface area contributed by atoms with Gasteiger partial charge in [0.2, 0.25) is 0 Å². The predicted octanol–water partition coefficient (Wildman–Crippen LogP) is 2.22. The van der Waals surface area contributed by atoms with Gasteiger partial charge in [-0.2, -0.15) is 18.3 Å². The fourth-order valence-electron chi connectivity index (χ4n) is 2.38. The molecule has 1 unspecified atom stereocenters. The van der Waals surface area contributed by atoms with Crippen LogP contribution < -0.4 is 5.32 Å². The molecule has 1 N–H and O–H groups in total. The zero-order valence-corrected chi connectivity index (χ0v) is 10.1. The minimum Gasteiger partial charge on any atom is -0.316 e. The van der Waals surface area contributed by atoms with Crippen molar-refractivity contribution in [1.29, 1.82) is 0 Å². The highest BCUT2D eigenvalue weighted by Gasteiger charge is 2.34. The van der Waals surface area contributed by atoms with Gasteiger partial charge in [-0.15, -0.1) is 0 Å². The van der Waals surface area contributed by atoms with Crippen LogP contribution >= 0.6 is 0 Å². The van der Waals surface area contributed by atoms with Crippen molar-refractivity contribution >= 4 is 5.65 Å². The van der Waals surface area contributed by atoms with Gasteiger partial charge in [0, 0.05) is 25.0 Å². The highest BCUT2D eigenvalue weighted by atomic mass is 19.4. The molecule has 1 fully saturated rings. The maximum atomic E-state index is 12.6. The van der Waals surface area contributed by atoms with Crippen molar-refractivity contribution < 1.29 is 13.2 Å². The van der Waals surface area contributed by atoms with Crippen LogP contribution in [0.2, 0.25) is 0 Å². The van der Waals surface area contributed by atoms with Crippen molar-refractivity contribution in [3.63, 3.8) is 0 Å². The smallest absolute Gasteiger partial charge is 0.316 e. The lowest BCUT2D eigenvalue weighted by atomic mass is 9.94. The first-order chi connectivity index (χ1) is 9.04. The van der Waals surface area contributed by atoms with Gasteiger partial charge in [0.1, 0.15) is 0 Å². The lowest BCUT2D eigenvalue weighted by Gasteiger charge is -2.22. The highest BCUT2D eigenvalue weighted by molar-refractivity contribution is 5.40. The second kappa shape index (κ2) is 4.48. The molecule has 19 heavy (non-hydrogen) atoms. The van der Waals surface area contributed by atoms with E-state index in [9.17, 15) is 13.2 Å². The monoisotopic (exact) mass is 270 g/mol. The fourth-order valence-corrected chi connectivity index (χ4v) is 2.38. The number of piperidine rings is 1. The summed E-state index contributed by atoms with van der Waals surface area (Å²) in [5, 5.41) is 6.82. The molecular formula is C12H13F3N4. The van der Waals surface area contributed by atoms with Crippen molar-refractivity contribution in [3.05, 3.63) is 29.7 Å². The Morgan fingerprint density at radius 1 is 1.37 bits per heavy atom. The van der Waals surface area contributed by atoms with E-state index in [1.165, 1.54) is 4.52 Å². The Labute approximate surface area is 107 Å². The van der Waals surface area contributed by atoms with Crippen LogP contribution in [0.3, 0.4) is 0 Å². The van der Waals surface area contributed by atoms with Crippen LogP contribution in [0.1, 0.15) is 30.0 Å². The molecule has 1 atom stereocenters. The Kier molecular flexibility index (Phi) is 2.93. The van der Waals surface area contributed by atoms with Gasteiger partial charge in [0.25, 0.3) is 0 Å². The first-order valence-corrected chi connectivity index (χ1v) is 6.17. The normalized spacial score (nSPS) is 20.9. The second-order valence-corrected chi connectivity index (χ2v) is 4.76. The third-order valence-corrected chi connectivity index (χ3v) is 3.39. The number of hydrogen-bond acceptors (Lipinski definition) is 3. The van der Waals surface area contributed by atoms with Crippen molar-refractivity contribution in [2.75, 3.05) is 13.1 Å². The van der Waals surface area contributed by atoms with E-state index in [-0.39, 0.29) is 5.65 Å². The van der Waals surface area contributed by atoms with Gasteiger partial charge >= 0.3 is 6.18 Å². The van der Waals surface area contributed by atoms with Crippen LogP contribution in [0.4, 0.5) is 13.2 Å². The molecule has 1 aliphatic heterocycles. The summed E-state index contributed by atoms with van der Waals surface area (Å²) in [6, 6.07) is 0.961. The Hall–Kier alpha value is -1.63. The van der Waals surface area contributed by atoms with E-state index in [0.717, 1.165) is 37.6 Å². The van der Waals surface area contributed by atoms with Gasteiger partial charge in [0.15, 0.2) is 11.3 Å². The minimum absolute atomic E-state index is 0.222. The molecule has 1 aliphatic rings. The zero-order chi connectivity index (χ0) is 13.5. The van der Waals surface area contributed by atoms with Crippen LogP contribution in [-0.4, -0.2) is 27.7 Å². The van der Waals surface area contributed by atoms with Crippen molar-refractivity contribution in [3.8, 4) is 0 Å². The van der Waals surface area contributed by atoms with Crippen LogP contribution in [0.15, 0.2) is 18.5 Å². The Morgan fingerprint density at radius 3 is 2.89 bits per heavy atom. The second-order valence-electron chi connectivity index (χ2n) is 4.76. The Bertz CT molecular complexity index is 584. The van der Waals surface area contributed by atoms with E-state index in [1.807, 2.05) is 0 Å². The van der Waals surface area contributed by atoms with E-state index in [2.05, 4.69) is 15.4 Å². The molecule has 2 aromatic rings. The number of fused-ring (bicyclic) bond motifs is 1. The van der Waals surface area contributed by atoms with E-state index >= 15 is 0 Å². The Balaban J connectivity index is 1.96. The molecule has 4 nitrogen and oxygen atoms in total. The summed E-state index contributed by atoms with van der Waals surface area (Å²) in [6.07, 6.45) is 0.952. The molecule has 0 spiro atoms. The number of nitrogens with zero attached hydrogens (tertiary/aromatic N) is 3. The van der Waals surface area contributed by atoms with Crippen LogP contribution in [0.25, 0.3) is 5.65 Å². The number of rotatable bonds is 1. The van der Waals surface area contributed by atoms with E-state index < -0.39 is 11.9 Å². The average molecular weight is 270 g/mol. The molecule has 102 valence electrons. The van der Waals surface area contributed by atoms with Crippen LogP contribution in [0.5, 0.6) is 0 Å². The van der Waals surface area contributed by atoms with Crippen LogP contribution in [0, 0.1) is 0 Å². The molecule has 7 heteroatoms. The summed E-state index contributed by atoms with van der Waals surface area (Å²) in [5.74, 6) is 0.296. The summed E-state index contributed by atoms with van der Waals surface area (Å²) in [7, 11) is 0. The van der Waals surface area contributed by atoms with Gasteiger partial charge in [-0.1, -0.05) is 0 Å². The standard InChI is InChI=1S/C12H13F3N4/c13-12(14,15)10-4-11-17-6-9(7-19(11)18-10)8-2-1-3-16-5-8/h4,6-8,16H,1-3,5H2. The molecule has 3 rings (SSSR count). The lowest BCUT2D eigenvalue weighted by Crippen LogP contribution is -2.28. The first-order valence-electron chi connectivity index (χ1n) is 6.17. The fraction of sp³-hybridized carbons (Fsp3) is 0.500. The number of aromatic nitrogens is 3. The molecule has 0 aromatic carbocycles. The lowest BCUT2D eigenvalue weighted by molar-refractivity contribution is -0.141. The molecule has 0 saturated carbocycles.